The van der Waals surface area contributed by atoms with Crippen LogP contribution in [0.25, 0.3) is 16.2 Å². The first-order valence-corrected chi connectivity index (χ1v) is 8.85. The zero-order valence-electron chi connectivity index (χ0n) is 15.0. The molecule has 8 heteroatoms. The third-order valence-corrected chi connectivity index (χ3v) is 4.97. The summed E-state index contributed by atoms with van der Waals surface area (Å²) in [4.78, 5) is 29.0. The zero-order valence-corrected chi connectivity index (χ0v) is 15.0. The number of rotatable bonds is 3. The Hall–Kier alpha value is -2.95. The number of nitrogens with zero attached hydrogens (tertiary/aromatic N) is 7. The van der Waals surface area contributed by atoms with E-state index in [1.54, 1.807) is 17.1 Å². The molecule has 134 valence electrons. The van der Waals surface area contributed by atoms with Gasteiger partial charge in [0.1, 0.15) is 5.82 Å². The normalized spacial score (nSPS) is 20.1. The molecule has 0 aromatic carbocycles. The SMILES string of the molecule is [C-]#[N+]c1cnc(-c2cnn(C)c2)nc1N1CCN(C(=O)C2CC2)[C@H](C)C1. The standard InChI is InChI=1S/C18H21N7O/c1-12-10-24(6-7-25(12)18(26)13-4-5-13)17-15(19-2)9-20-16(22-17)14-8-21-23(3)11-14/h8-9,11-13H,4-7,10H2,1,3H3/t12-/m1/s1. The summed E-state index contributed by atoms with van der Waals surface area (Å²) >= 11 is 0. The van der Waals surface area contributed by atoms with Crippen molar-refractivity contribution < 1.29 is 4.79 Å². The monoisotopic (exact) mass is 351 g/mol. The molecule has 26 heavy (non-hydrogen) atoms. The van der Waals surface area contributed by atoms with Crippen molar-refractivity contribution in [2.24, 2.45) is 13.0 Å². The van der Waals surface area contributed by atoms with Crippen LogP contribution in [0.4, 0.5) is 11.5 Å². The van der Waals surface area contributed by atoms with Gasteiger partial charge in [-0.1, -0.05) is 0 Å². The maximum absolute atomic E-state index is 12.4. The second-order valence-electron chi connectivity index (χ2n) is 7.02. The second kappa shape index (κ2) is 6.41. The van der Waals surface area contributed by atoms with Crippen LogP contribution in [0, 0.1) is 12.5 Å². The van der Waals surface area contributed by atoms with E-state index in [1.807, 2.05) is 18.1 Å². The summed E-state index contributed by atoms with van der Waals surface area (Å²) in [5, 5.41) is 4.16. The van der Waals surface area contributed by atoms with Gasteiger partial charge >= 0.3 is 0 Å². The van der Waals surface area contributed by atoms with Gasteiger partial charge in [-0.3, -0.25) is 9.48 Å². The molecule has 3 heterocycles. The van der Waals surface area contributed by atoms with Crippen molar-refractivity contribution in [3.05, 3.63) is 30.0 Å². The molecule has 2 aromatic rings. The van der Waals surface area contributed by atoms with Gasteiger partial charge in [-0.25, -0.2) is 14.8 Å². The molecular formula is C18H21N7O. The Morgan fingerprint density at radius 1 is 1.31 bits per heavy atom. The second-order valence-corrected chi connectivity index (χ2v) is 7.02. The van der Waals surface area contributed by atoms with Gasteiger partial charge in [0, 0.05) is 51.0 Å². The summed E-state index contributed by atoms with van der Waals surface area (Å²) in [6.07, 6.45) is 7.18. The number of carbonyl (C=O) groups excluding carboxylic acids is 1. The first-order chi connectivity index (χ1) is 12.6. The average molecular weight is 351 g/mol. The molecule has 1 atom stereocenters. The number of aromatic nitrogens is 4. The lowest BCUT2D eigenvalue weighted by molar-refractivity contribution is -0.134. The van der Waals surface area contributed by atoms with Gasteiger partial charge in [0.25, 0.3) is 0 Å². The fraction of sp³-hybridized carbons (Fsp3) is 0.500. The Kier molecular flexibility index (Phi) is 4.07. The lowest BCUT2D eigenvalue weighted by Gasteiger charge is -2.41. The van der Waals surface area contributed by atoms with Gasteiger partial charge in [0.2, 0.25) is 11.6 Å². The maximum Gasteiger partial charge on any atom is 0.246 e. The smallest absolute Gasteiger partial charge is 0.246 e. The minimum Gasteiger partial charge on any atom is -0.361 e. The van der Waals surface area contributed by atoms with E-state index in [4.69, 9.17) is 6.57 Å². The quantitative estimate of drug-likeness (QED) is 0.790. The Bertz CT molecular complexity index is 880. The van der Waals surface area contributed by atoms with E-state index in [0.717, 1.165) is 18.4 Å². The lowest BCUT2D eigenvalue weighted by Crippen LogP contribution is -2.54. The van der Waals surface area contributed by atoms with Crippen LogP contribution >= 0.6 is 0 Å². The molecule has 1 saturated carbocycles. The fourth-order valence-electron chi connectivity index (χ4n) is 3.40. The van der Waals surface area contributed by atoms with Gasteiger partial charge in [-0.2, -0.15) is 5.10 Å². The molecule has 8 nitrogen and oxygen atoms in total. The predicted octanol–water partition coefficient (Wildman–Crippen LogP) is 1.87. The molecule has 1 aliphatic carbocycles. The van der Waals surface area contributed by atoms with Gasteiger partial charge in [-0.15, -0.1) is 0 Å². The first-order valence-electron chi connectivity index (χ1n) is 8.85. The first kappa shape index (κ1) is 16.5. The molecule has 2 aromatic heterocycles. The Morgan fingerprint density at radius 3 is 2.73 bits per heavy atom. The highest BCUT2D eigenvalue weighted by molar-refractivity contribution is 5.81. The molecule has 2 fully saturated rings. The van der Waals surface area contributed by atoms with E-state index in [9.17, 15) is 4.79 Å². The molecular weight excluding hydrogens is 330 g/mol. The predicted molar refractivity (Wildman–Crippen MR) is 96.6 cm³/mol. The molecule has 0 bridgehead atoms. The molecule has 2 aliphatic rings. The minimum absolute atomic E-state index is 0.104. The van der Waals surface area contributed by atoms with Crippen LogP contribution in [0.2, 0.25) is 0 Å². The topological polar surface area (TPSA) is 71.5 Å². The lowest BCUT2D eigenvalue weighted by atomic mass is 10.1. The zero-order chi connectivity index (χ0) is 18.3. The molecule has 1 amide bonds. The molecule has 0 spiro atoms. The van der Waals surface area contributed by atoms with E-state index >= 15 is 0 Å². The molecule has 4 rings (SSSR count). The minimum atomic E-state index is 0.104. The highest BCUT2D eigenvalue weighted by Crippen LogP contribution is 2.34. The number of hydrogen-bond acceptors (Lipinski definition) is 5. The van der Waals surface area contributed by atoms with Crippen LogP contribution in [-0.2, 0) is 11.8 Å². The van der Waals surface area contributed by atoms with Crippen LogP contribution in [0.5, 0.6) is 0 Å². The van der Waals surface area contributed by atoms with Crippen molar-refractivity contribution in [3.63, 3.8) is 0 Å². The third-order valence-electron chi connectivity index (χ3n) is 4.97. The van der Waals surface area contributed by atoms with E-state index in [-0.39, 0.29) is 17.9 Å². The highest BCUT2D eigenvalue weighted by Gasteiger charge is 2.37. The summed E-state index contributed by atoms with van der Waals surface area (Å²) in [6.45, 7) is 11.5. The van der Waals surface area contributed by atoms with E-state index in [2.05, 4.69) is 31.7 Å². The number of aryl methyl sites for hydroxylation is 1. The third kappa shape index (κ3) is 3.01. The van der Waals surface area contributed by atoms with Crippen molar-refractivity contribution in [1.82, 2.24) is 24.6 Å². The molecule has 0 radical (unpaired) electrons. The number of hydrogen-bond donors (Lipinski definition) is 0. The summed E-state index contributed by atoms with van der Waals surface area (Å²) in [7, 11) is 1.84. The van der Waals surface area contributed by atoms with E-state index in [0.29, 0.717) is 37.0 Å². The van der Waals surface area contributed by atoms with Crippen molar-refractivity contribution in [2.75, 3.05) is 24.5 Å². The van der Waals surface area contributed by atoms with Crippen LogP contribution in [-0.4, -0.2) is 56.2 Å². The van der Waals surface area contributed by atoms with Gasteiger partial charge in [-0.05, 0) is 19.8 Å². The Morgan fingerprint density at radius 2 is 2.12 bits per heavy atom. The summed E-state index contributed by atoms with van der Waals surface area (Å²) < 4.78 is 1.70. The van der Waals surface area contributed by atoms with Crippen LogP contribution in [0.3, 0.4) is 0 Å². The Balaban J connectivity index is 1.58. The molecule has 1 saturated heterocycles. The van der Waals surface area contributed by atoms with Crippen molar-refractivity contribution in [1.29, 1.82) is 0 Å². The van der Waals surface area contributed by atoms with Gasteiger partial charge < -0.3 is 9.80 Å². The summed E-state index contributed by atoms with van der Waals surface area (Å²) in [5.74, 6) is 1.71. The van der Waals surface area contributed by atoms with Crippen LogP contribution in [0.15, 0.2) is 18.6 Å². The van der Waals surface area contributed by atoms with Crippen molar-refractivity contribution >= 4 is 17.4 Å². The number of piperazine rings is 1. The van der Waals surface area contributed by atoms with Crippen LogP contribution < -0.4 is 4.90 Å². The van der Waals surface area contributed by atoms with Crippen molar-refractivity contribution in [2.45, 2.75) is 25.8 Å². The van der Waals surface area contributed by atoms with E-state index in [1.165, 1.54) is 0 Å². The molecule has 0 N–H and O–H groups in total. The van der Waals surface area contributed by atoms with Gasteiger partial charge in [0.05, 0.1) is 18.3 Å². The Labute approximate surface area is 152 Å². The summed E-state index contributed by atoms with van der Waals surface area (Å²) in [6, 6.07) is 0.104. The number of amides is 1. The number of anilines is 1. The molecule has 1 aliphatic heterocycles. The average Bonchev–Trinajstić information content (AvgIpc) is 3.41. The van der Waals surface area contributed by atoms with Crippen molar-refractivity contribution in [3.8, 4) is 11.4 Å². The highest BCUT2D eigenvalue weighted by atomic mass is 16.2. The fourth-order valence-corrected chi connectivity index (χ4v) is 3.40. The van der Waals surface area contributed by atoms with Gasteiger partial charge in [0.15, 0.2) is 5.82 Å². The van der Waals surface area contributed by atoms with Crippen LogP contribution in [0.1, 0.15) is 19.8 Å². The van der Waals surface area contributed by atoms with E-state index < -0.39 is 0 Å². The molecule has 0 unspecified atom stereocenters. The largest absolute Gasteiger partial charge is 0.361 e. The number of carbonyl (C=O) groups is 1. The maximum atomic E-state index is 12.4. The summed E-state index contributed by atoms with van der Waals surface area (Å²) in [5.41, 5.74) is 1.26.